The van der Waals surface area contributed by atoms with Crippen LogP contribution in [0.4, 0.5) is 0 Å². The van der Waals surface area contributed by atoms with Crippen LogP contribution in [0, 0.1) is 0 Å². The van der Waals surface area contributed by atoms with Gasteiger partial charge in [-0.2, -0.15) is 0 Å². The largest absolute Gasteiger partial charge is 0.177 e. The molecule has 1 unspecified atom stereocenters. The molecule has 0 N–H and O–H groups in total. The molecule has 0 aromatic rings. The Morgan fingerprint density at radius 3 is 2.50 bits per heavy atom. The molecule has 0 radical (unpaired) electrons. The van der Waals surface area contributed by atoms with Gasteiger partial charge in [-0.15, -0.1) is 0 Å². The molecule has 0 aromatic heterocycles. The zero-order chi connectivity index (χ0) is 4.83. The second kappa shape index (κ2) is 4.58. The van der Waals surface area contributed by atoms with Crippen LogP contribution in [0.25, 0.3) is 0 Å². The minimum absolute atomic E-state index is 1.65. The van der Waals surface area contributed by atoms with Crippen LogP contribution in [0.1, 0.15) is 0 Å². The molecule has 0 aliphatic rings. The van der Waals surface area contributed by atoms with Crippen LogP contribution in [0.5, 0.6) is 0 Å². The summed E-state index contributed by atoms with van der Waals surface area (Å²) in [7, 11) is 2.22. The van der Waals surface area contributed by atoms with E-state index in [1.807, 2.05) is 0 Å². The predicted octanol–water partition coefficient (Wildman–Crippen LogP) is 1.74. The summed E-state index contributed by atoms with van der Waals surface area (Å²) in [5.41, 5.74) is 0. The number of allylic oxidation sites excluding steroid dienone is 2. The van der Waals surface area contributed by atoms with Crippen molar-refractivity contribution < 1.29 is 0 Å². The fraction of sp³-hybridized carbons (Fsp3) is 0. The Balaban J connectivity index is 3.17. The van der Waals surface area contributed by atoms with Gasteiger partial charge in [0.1, 0.15) is 0 Å². The van der Waals surface area contributed by atoms with E-state index >= 15 is 0 Å². The lowest BCUT2D eigenvalue weighted by Gasteiger charge is -1.55. The van der Waals surface area contributed by atoms with Gasteiger partial charge in [-0.1, -0.05) is 17.4 Å². The highest BCUT2D eigenvalue weighted by Crippen LogP contribution is 1.76. The van der Waals surface area contributed by atoms with Crippen molar-refractivity contribution in [2.75, 3.05) is 0 Å². The van der Waals surface area contributed by atoms with Gasteiger partial charge in [-0.3, -0.25) is 0 Å². The molecule has 0 aliphatic heterocycles. The van der Waals surface area contributed by atoms with Crippen molar-refractivity contribution in [1.29, 1.82) is 0 Å². The molecule has 1 atom stereocenters. The summed E-state index contributed by atoms with van der Waals surface area (Å²) in [4.78, 5) is 0. The van der Waals surface area contributed by atoms with Gasteiger partial charge >= 0.3 is 0 Å². The summed E-state index contributed by atoms with van der Waals surface area (Å²) >= 11 is 0. The second-order valence-corrected chi connectivity index (χ2v) is 1.02. The van der Waals surface area contributed by atoms with Crippen molar-refractivity contribution in [3.8, 4) is 0 Å². The molecule has 0 spiro atoms. The standard InChI is InChI=1S/C4H6NP/c1-2-3-4-5-6/h2-4,6H,1H2/p+1/b4-3+. The van der Waals surface area contributed by atoms with Crippen LogP contribution < -0.4 is 0 Å². The maximum atomic E-state index is 3.59. The molecule has 0 heterocycles. The van der Waals surface area contributed by atoms with Crippen molar-refractivity contribution in [1.82, 2.24) is 0 Å². The lowest BCUT2D eigenvalue weighted by molar-refractivity contribution is 1.65. The highest BCUT2D eigenvalue weighted by Gasteiger charge is 1.52. The minimum Gasteiger partial charge on any atom is -0.0990 e. The SMILES string of the molecule is C=C/C=C/N=[PH2+]. The fourth-order valence-corrected chi connectivity index (χ4v) is 0.210. The fourth-order valence-electron chi connectivity index (χ4n) is 0.111. The first-order chi connectivity index (χ1) is 2.91. The van der Waals surface area contributed by atoms with E-state index in [1.165, 1.54) is 0 Å². The number of hydrogen-bond acceptors (Lipinski definition) is 1. The van der Waals surface area contributed by atoms with Gasteiger partial charge in [-0.05, 0) is 6.08 Å². The Morgan fingerprint density at radius 2 is 2.33 bits per heavy atom. The van der Waals surface area contributed by atoms with Gasteiger partial charge in [0.05, 0.1) is 6.20 Å². The highest BCUT2D eigenvalue weighted by molar-refractivity contribution is 7.04. The van der Waals surface area contributed by atoms with Crippen LogP contribution in [0.3, 0.4) is 0 Å². The normalized spacial score (nSPS) is 8.67. The van der Waals surface area contributed by atoms with Crippen LogP contribution in [-0.2, 0) is 0 Å². The van der Waals surface area contributed by atoms with Crippen LogP contribution in [-0.4, -0.2) is 0 Å². The lowest BCUT2D eigenvalue weighted by atomic mass is 10.6. The van der Waals surface area contributed by atoms with Gasteiger partial charge < -0.3 is 0 Å². The first-order valence-corrected chi connectivity index (χ1v) is 2.11. The summed E-state index contributed by atoms with van der Waals surface area (Å²) in [5, 5.41) is 0. The van der Waals surface area contributed by atoms with E-state index in [0.717, 1.165) is 0 Å². The van der Waals surface area contributed by atoms with E-state index in [2.05, 4.69) is 20.4 Å². The first-order valence-electron chi connectivity index (χ1n) is 1.59. The molecule has 2 heteroatoms. The van der Waals surface area contributed by atoms with Gasteiger partial charge in [0.15, 0.2) is 9.03 Å². The molecular formula is C4H7NP+. The Kier molecular flexibility index (Phi) is 4.26. The zero-order valence-electron chi connectivity index (χ0n) is 3.46. The molecule has 0 aromatic carbocycles. The lowest BCUT2D eigenvalue weighted by Crippen LogP contribution is -1.36. The number of rotatable bonds is 2. The van der Waals surface area contributed by atoms with Crippen LogP contribution in [0.15, 0.2) is 29.7 Å². The minimum atomic E-state index is 1.65. The molecular weight excluding hydrogens is 93.0 g/mol. The van der Waals surface area contributed by atoms with E-state index < -0.39 is 0 Å². The molecule has 0 amide bonds. The van der Waals surface area contributed by atoms with Gasteiger partial charge in [0.25, 0.3) is 0 Å². The first kappa shape index (κ1) is 5.58. The van der Waals surface area contributed by atoms with E-state index in [0.29, 0.717) is 0 Å². The highest BCUT2D eigenvalue weighted by atomic mass is 31.0. The molecule has 0 saturated carbocycles. The smallest absolute Gasteiger partial charge is 0.0990 e. The Bertz CT molecular complexity index is 65.6. The van der Waals surface area contributed by atoms with Gasteiger partial charge in [0.2, 0.25) is 0 Å². The Hall–Kier alpha value is -0.420. The number of nitrogens with zero attached hydrogens (tertiary/aromatic N) is 1. The van der Waals surface area contributed by atoms with E-state index in [-0.39, 0.29) is 0 Å². The van der Waals surface area contributed by atoms with Crippen LogP contribution >= 0.6 is 9.03 Å². The molecule has 0 fully saturated rings. The summed E-state index contributed by atoms with van der Waals surface area (Å²) in [6.07, 6.45) is 5.08. The van der Waals surface area contributed by atoms with E-state index in [1.54, 1.807) is 18.4 Å². The molecule has 0 rings (SSSR count). The van der Waals surface area contributed by atoms with Crippen molar-refractivity contribution >= 4 is 9.03 Å². The molecule has 0 bridgehead atoms. The Labute approximate surface area is 39.7 Å². The van der Waals surface area contributed by atoms with E-state index in [9.17, 15) is 0 Å². The topological polar surface area (TPSA) is 12.4 Å². The molecule has 0 saturated heterocycles. The van der Waals surface area contributed by atoms with Crippen molar-refractivity contribution in [2.45, 2.75) is 0 Å². The summed E-state index contributed by atoms with van der Waals surface area (Å²) in [6.45, 7) is 3.44. The maximum absolute atomic E-state index is 3.59. The quantitative estimate of drug-likeness (QED) is 0.370. The van der Waals surface area contributed by atoms with Crippen LogP contribution in [0.2, 0.25) is 0 Å². The van der Waals surface area contributed by atoms with Crippen molar-refractivity contribution in [3.63, 3.8) is 0 Å². The zero-order valence-corrected chi connectivity index (χ0v) is 4.62. The monoisotopic (exact) mass is 100 g/mol. The third-order valence-electron chi connectivity index (χ3n) is 0.308. The molecule has 0 aliphatic carbocycles. The summed E-state index contributed by atoms with van der Waals surface area (Å²) in [6, 6.07) is 0. The molecule has 6 heavy (non-hydrogen) atoms. The second-order valence-electron chi connectivity index (χ2n) is 0.726. The average molecular weight is 100 g/mol. The summed E-state index contributed by atoms with van der Waals surface area (Å²) in [5.74, 6) is 0. The molecule has 32 valence electrons. The molecule has 1 nitrogen and oxygen atoms in total. The van der Waals surface area contributed by atoms with E-state index in [4.69, 9.17) is 0 Å². The Morgan fingerprint density at radius 1 is 1.67 bits per heavy atom. The maximum Gasteiger partial charge on any atom is 0.177 e. The van der Waals surface area contributed by atoms with Crippen molar-refractivity contribution in [3.05, 3.63) is 24.9 Å². The number of hydrogen-bond donors (Lipinski definition) is 0. The van der Waals surface area contributed by atoms with Gasteiger partial charge in [0, 0.05) is 0 Å². The van der Waals surface area contributed by atoms with Gasteiger partial charge in [-0.25, -0.2) is 0 Å². The van der Waals surface area contributed by atoms with Crippen molar-refractivity contribution in [2.24, 2.45) is 4.74 Å². The third-order valence-corrected chi connectivity index (χ3v) is 0.480. The average Bonchev–Trinajstić information content (AvgIpc) is 1.61. The summed E-state index contributed by atoms with van der Waals surface area (Å²) < 4.78 is 3.59. The predicted molar refractivity (Wildman–Crippen MR) is 31.5 cm³/mol. The third kappa shape index (κ3) is 3.58.